The van der Waals surface area contributed by atoms with Crippen LogP contribution >= 0.6 is 23.2 Å². The number of methoxy groups -OCH3 is 1. The van der Waals surface area contributed by atoms with E-state index in [1.54, 1.807) is 6.07 Å². The van der Waals surface area contributed by atoms with Gasteiger partial charge in [-0.05, 0) is 54.4 Å². The summed E-state index contributed by atoms with van der Waals surface area (Å²) in [5, 5.41) is 10.3. The molecule has 36 heavy (non-hydrogen) atoms. The molecule has 0 aliphatic carbocycles. The monoisotopic (exact) mass is 528 g/mol. The minimum absolute atomic E-state index is 0.0505. The molecule has 3 aromatic rings. The molecule has 3 aromatic carbocycles. The SMILES string of the molecule is COC(=O)c1ccc([C@@H](C)N2CCN(c3ccc(OCCO)cc3Cl)[C@H](c3ccc(Cl)cc3)C2)cc1. The maximum Gasteiger partial charge on any atom is 0.337 e. The van der Waals surface area contributed by atoms with Gasteiger partial charge >= 0.3 is 5.97 Å². The lowest BCUT2D eigenvalue weighted by Crippen LogP contribution is -2.49. The molecule has 0 unspecified atom stereocenters. The smallest absolute Gasteiger partial charge is 0.337 e. The molecule has 0 aromatic heterocycles. The summed E-state index contributed by atoms with van der Waals surface area (Å²) in [6.45, 7) is 4.74. The highest BCUT2D eigenvalue weighted by Crippen LogP contribution is 2.39. The van der Waals surface area contributed by atoms with Crippen LogP contribution in [0.15, 0.2) is 66.7 Å². The van der Waals surface area contributed by atoms with E-state index in [4.69, 9.17) is 37.8 Å². The fourth-order valence-electron chi connectivity index (χ4n) is 4.61. The number of hydrogen-bond acceptors (Lipinski definition) is 6. The van der Waals surface area contributed by atoms with Crippen LogP contribution in [0.4, 0.5) is 5.69 Å². The predicted octanol–water partition coefficient (Wildman–Crippen LogP) is 5.78. The number of ether oxygens (including phenoxy) is 2. The lowest BCUT2D eigenvalue weighted by Gasteiger charge is -2.45. The Kier molecular flexibility index (Phi) is 8.75. The van der Waals surface area contributed by atoms with Crippen LogP contribution in [-0.2, 0) is 4.74 Å². The van der Waals surface area contributed by atoms with E-state index in [2.05, 4.69) is 28.9 Å². The number of nitrogens with zero attached hydrogens (tertiary/aromatic N) is 2. The van der Waals surface area contributed by atoms with Gasteiger partial charge in [-0.1, -0.05) is 47.5 Å². The van der Waals surface area contributed by atoms with Crippen molar-refractivity contribution in [2.45, 2.75) is 19.0 Å². The molecular formula is C28H30Cl2N2O4. The number of aliphatic hydroxyl groups is 1. The van der Waals surface area contributed by atoms with Gasteiger partial charge in [-0.2, -0.15) is 0 Å². The zero-order valence-electron chi connectivity index (χ0n) is 20.4. The molecule has 1 N–H and O–H groups in total. The van der Waals surface area contributed by atoms with E-state index in [1.807, 2.05) is 48.5 Å². The van der Waals surface area contributed by atoms with Gasteiger partial charge in [0.05, 0.1) is 36.0 Å². The minimum Gasteiger partial charge on any atom is -0.491 e. The number of esters is 1. The molecule has 0 radical (unpaired) electrons. The van der Waals surface area contributed by atoms with Gasteiger partial charge in [0.1, 0.15) is 12.4 Å². The number of rotatable bonds is 8. The highest BCUT2D eigenvalue weighted by atomic mass is 35.5. The van der Waals surface area contributed by atoms with Gasteiger partial charge in [0.15, 0.2) is 0 Å². The summed E-state index contributed by atoms with van der Waals surface area (Å²) >= 11 is 12.9. The topological polar surface area (TPSA) is 62.2 Å². The highest BCUT2D eigenvalue weighted by Gasteiger charge is 2.32. The van der Waals surface area contributed by atoms with Crippen molar-refractivity contribution in [2.24, 2.45) is 0 Å². The molecule has 1 fully saturated rings. The van der Waals surface area contributed by atoms with Crippen LogP contribution in [0.5, 0.6) is 5.75 Å². The minimum atomic E-state index is -0.338. The average molecular weight is 529 g/mol. The van der Waals surface area contributed by atoms with Gasteiger partial charge in [-0.25, -0.2) is 4.79 Å². The Balaban J connectivity index is 1.59. The van der Waals surface area contributed by atoms with Crippen molar-refractivity contribution in [3.05, 3.63) is 93.5 Å². The first-order valence-corrected chi connectivity index (χ1v) is 12.6. The van der Waals surface area contributed by atoms with Crippen molar-refractivity contribution in [3.8, 4) is 5.75 Å². The normalized spacial score (nSPS) is 17.0. The van der Waals surface area contributed by atoms with Crippen LogP contribution in [-0.4, -0.2) is 55.9 Å². The molecule has 0 amide bonds. The number of halogens is 2. The molecule has 190 valence electrons. The highest BCUT2D eigenvalue weighted by molar-refractivity contribution is 6.33. The maximum atomic E-state index is 11.8. The quantitative estimate of drug-likeness (QED) is 0.374. The van der Waals surface area contributed by atoms with Gasteiger partial charge in [0.25, 0.3) is 0 Å². The van der Waals surface area contributed by atoms with E-state index in [0.29, 0.717) is 21.4 Å². The number of piperazine rings is 1. The summed E-state index contributed by atoms with van der Waals surface area (Å²) in [6.07, 6.45) is 0. The van der Waals surface area contributed by atoms with Crippen molar-refractivity contribution >= 4 is 34.9 Å². The largest absolute Gasteiger partial charge is 0.491 e. The number of anilines is 1. The molecule has 0 bridgehead atoms. The van der Waals surface area contributed by atoms with Crippen molar-refractivity contribution in [2.75, 3.05) is 44.9 Å². The van der Waals surface area contributed by atoms with Gasteiger partial charge < -0.3 is 19.5 Å². The Hall–Kier alpha value is -2.77. The Morgan fingerprint density at radius 2 is 1.78 bits per heavy atom. The fraction of sp³-hybridized carbons (Fsp3) is 0.321. The van der Waals surface area contributed by atoms with E-state index in [1.165, 1.54) is 7.11 Å². The second-order valence-corrected chi connectivity index (χ2v) is 9.57. The van der Waals surface area contributed by atoms with E-state index >= 15 is 0 Å². The molecule has 8 heteroatoms. The number of hydrogen-bond donors (Lipinski definition) is 1. The van der Waals surface area contributed by atoms with Gasteiger partial charge in [0.2, 0.25) is 0 Å². The van der Waals surface area contributed by atoms with Crippen LogP contribution in [0.2, 0.25) is 10.0 Å². The molecule has 1 aliphatic rings. The molecule has 0 saturated carbocycles. The second kappa shape index (κ2) is 12.0. The Labute approximate surface area is 221 Å². The van der Waals surface area contributed by atoms with Crippen LogP contribution in [0.25, 0.3) is 0 Å². The fourth-order valence-corrected chi connectivity index (χ4v) is 5.02. The van der Waals surface area contributed by atoms with E-state index in [-0.39, 0.29) is 31.3 Å². The number of aliphatic hydroxyl groups excluding tert-OH is 1. The summed E-state index contributed by atoms with van der Waals surface area (Å²) in [7, 11) is 1.39. The lowest BCUT2D eigenvalue weighted by molar-refractivity contribution is 0.0600. The third-order valence-corrected chi connectivity index (χ3v) is 7.17. The van der Waals surface area contributed by atoms with Crippen LogP contribution in [0, 0.1) is 0 Å². The average Bonchev–Trinajstić information content (AvgIpc) is 2.91. The van der Waals surface area contributed by atoms with Crippen LogP contribution in [0.1, 0.15) is 40.5 Å². The molecular weight excluding hydrogens is 499 g/mol. The summed E-state index contributed by atoms with van der Waals surface area (Å²) in [5.74, 6) is 0.291. The first-order valence-electron chi connectivity index (χ1n) is 11.9. The van der Waals surface area contributed by atoms with Crippen LogP contribution < -0.4 is 9.64 Å². The molecule has 4 rings (SSSR count). The maximum absolute atomic E-state index is 11.8. The first-order chi connectivity index (χ1) is 17.4. The summed E-state index contributed by atoms with van der Waals surface area (Å²) in [5.41, 5.74) is 3.75. The van der Waals surface area contributed by atoms with Gasteiger partial charge in [-0.15, -0.1) is 0 Å². The number of benzene rings is 3. The van der Waals surface area contributed by atoms with Crippen LogP contribution in [0.3, 0.4) is 0 Å². The Bertz CT molecular complexity index is 1170. The second-order valence-electron chi connectivity index (χ2n) is 8.73. The molecule has 1 heterocycles. The van der Waals surface area contributed by atoms with Gasteiger partial charge in [-0.3, -0.25) is 4.90 Å². The predicted molar refractivity (Wildman–Crippen MR) is 143 cm³/mol. The third kappa shape index (κ3) is 5.95. The van der Waals surface area contributed by atoms with Gasteiger partial charge in [0, 0.05) is 36.8 Å². The molecule has 1 aliphatic heterocycles. The summed E-state index contributed by atoms with van der Waals surface area (Å²) in [6, 6.07) is 21.4. The van der Waals surface area contributed by atoms with E-state index in [0.717, 1.165) is 36.4 Å². The van der Waals surface area contributed by atoms with Crippen molar-refractivity contribution in [3.63, 3.8) is 0 Å². The van der Waals surface area contributed by atoms with Crippen molar-refractivity contribution in [1.82, 2.24) is 4.90 Å². The number of carbonyl (C=O) groups excluding carboxylic acids is 1. The van der Waals surface area contributed by atoms with E-state index < -0.39 is 0 Å². The third-order valence-electron chi connectivity index (χ3n) is 6.62. The molecule has 2 atom stereocenters. The zero-order valence-corrected chi connectivity index (χ0v) is 21.9. The number of carbonyl (C=O) groups is 1. The van der Waals surface area contributed by atoms with E-state index in [9.17, 15) is 4.79 Å². The molecule has 1 saturated heterocycles. The Morgan fingerprint density at radius 3 is 2.42 bits per heavy atom. The first kappa shape index (κ1) is 26.3. The summed E-state index contributed by atoms with van der Waals surface area (Å²) < 4.78 is 10.3. The standard InChI is InChI=1S/C28H30Cl2N2O4/c1-19(20-3-5-22(6-4-20)28(34)35-2)31-13-14-32(27(18-31)21-7-9-23(29)10-8-21)26-12-11-24(17-25(26)30)36-16-15-33/h3-12,17,19,27,33H,13-16,18H2,1-2H3/t19-,27+/m1/s1. The zero-order chi connectivity index (χ0) is 25.7. The molecule has 0 spiro atoms. The molecule has 6 nitrogen and oxygen atoms in total. The van der Waals surface area contributed by atoms with Crippen molar-refractivity contribution < 1.29 is 19.4 Å². The Morgan fingerprint density at radius 1 is 1.06 bits per heavy atom. The lowest BCUT2D eigenvalue weighted by atomic mass is 9.98. The summed E-state index contributed by atoms with van der Waals surface area (Å²) in [4.78, 5) is 16.6. The van der Waals surface area contributed by atoms with Crippen molar-refractivity contribution in [1.29, 1.82) is 0 Å².